The molecule has 0 radical (unpaired) electrons. The average molecular weight is 313 g/mol. The summed E-state index contributed by atoms with van der Waals surface area (Å²) in [5, 5.41) is 3.27. The van der Waals surface area contributed by atoms with E-state index in [4.69, 9.17) is 5.73 Å². The lowest BCUT2D eigenvalue weighted by atomic mass is 9.49. The Labute approximate surface area is 136 Å². The van der Waals surface area contributed by atoms with Crippen LogP contribution >= 0.6 is 0 Å². The number of nitrogens with two attached hydrogens (primary N) is 1. The lowest BCUT2D eigenvalue weighted by molar-refractivity contribution is -0.137. The summed E-state index contributed by atoms with van der Waals surface area (Å²) in [4.78, 5) is 28.8. The van der Waals surface area contributed by atoms with Gasteiger partial charge in [-0.05, 0) is 68.9 Å². The molecular formula is C18H23N3O2. The van der Waals surface area contributed by atoms with Gasteiger partial charge in [-0.1, -0.05) is 6.07 Å². The second-order valence-electron chi connectivity index (χ2n) is 7.80. The van der Waals surface area contributed by atoms with E-state index >= 15 is 0 Å². The van der Waals surface area contributed by atoms with Crippen LogP contribution in [0.1, 0.15) is 48.3 Å². The molecule has 4 saturated carbocycles. The van der Waals surface area contributed by atoms with Crippen molar-refractivity contribution in [2.24, 2.45) is 29.4 Å². The first kappa shape index (κ1) is 14.7. The van der Waals surface area contributed by atoms with Crippen LogP contribution in [0.25, 0.3) is 0 Å². The second-order valence-corrected chi connectivity index (χ2v) is 7.80. The van der Waals surface area contributed by atoms with Gasteiger partial charge in [-0.3, -0.25) is 9.59 Å². The number of hydrogen-bond donors (Lipinski definition) is 2. The van der Waals surface area contributed by atoms with Gasteiger partial charge in [-0.15, -0.1) is 0 Å². The summed E-state index contributed by atoms with van der Waals surface area (Å²) in [5.74, 6) is 1.06. The Morgan fingerprint density at radius 2 is 1.91 bits per heavy atom. The summed E-state index contributed by atoms with van der Waals surface area (Å²) in [6.07, 6.45) is 4.97. The first-order valence-electron chi connectivity index (χ1n) is 8.51. The monoisotopic (exact) mass is 313 g/mol. The topological polar surface area (TPSA) is 85.1 Å². The van der Waals surface area contributed by atoms with Gasteiger partial charge in [0.25, 0.3) is 5.91 Å². The highest BCUT2D eigenvalue weighted by molar-refractivity contribution is 5.93. The molecule has 0 spiro atoms. The Morgan fingerprint density at radius 1 is 1.22 bits per heavy atom. The maximum Gasteiger partial charge on any atom is 0.270 e. The predicted molar refractivity (Wildman–Crippen MR) is 85.4 cm³/mol. The van der Waals surface area contributed by atoms with Crippen molar-refractivity contribution < 1.29 is 9.59 Å². The van der Waals surface area contributed by atoms with Gasteiger partial charge in [-0.2, -0.15) is 0 Å². The summed E-state index contributed by atoms with van der Waals surface area (Å²) < 4.78 is 0. The molecule has 2 unspecified atom stereocenters. The first-order chi connectivity index (χ1) is 11.0. The number of amides is 2. The zero-order valence-electron chi connectivity index (χ0n) is 13.4. The summed E-state index contributed by atoms with van der Waals surface area (Å²) >= 11 is 0. The Bertz CT molecular complexity index is 656. The quantitative estimate of drug-likeness (QED) is 0.892. The van der Waals surface area contributed by atoms with E-state index in [9.17, 15) is 9.59 Å². The van der Waals surface area contributed by atoms with Crippen molar-refractivity contribution in [2.45, 2.75) is 44.6 Å². The van der Waals surface area contributed by atoms with Gasteiger partial charge in [0.05, 0.1) is 0 Å². The van der Waals surface area contributed by atoms with Crippen LogP contribution in [0.4, 0.5) is 0 Å². The number of nitrogens with one attached hydrogen (secondary N) is 1. The maximum absolute atomic E-state index is 12.6. The minimum absolute atomic E-state index is 0.00803. The first-order valence-corrected chi connectivity index (χ1v) is 8.51. The van der Waals surface area contributed by atoms with Crippen LogP contribution in [-0.4, -0.2) is 22.3 Å². The predicted octanol–water partition coefficient (Wildman–Crippen LogP) is 1.80. The van der Waals surface area contributed by atoms with Crippen LogP contribution in [-0.2, 0) is 4.79 Å². The molecule has 1 aromatic rings. The van der Waals surface area contributed by atoms with Crippen LogP contribution in [0, 0.1) is 30.6 Å². The molecule has 4 bridgehead atoms. The van der Waals surface area contributed by atoms with Crippen LogP contribution in [0.15, 0.2) is 18.2 Å². The van der Waals surface area contributed by atoms with Gasteiger partial charge in [0.15, 0.2) is 0 Å². The van der Waals surface area contributed by atoms with Crippen molar-refractivity contribution in [1.82, 2.24) is 10.3 Å². The molecule has 2 amide bonds. The maximum atomic E-state index is 12.6. The molecule has 0 aliphatic heterocycles. The molecular weight excluding hydrogens is 290 g/mol. The van der Waals surface area contributed by atoms with Crippen molar-refractivity contribution in [1.29, 1.82) is 0 Å². The fraction of sp³-hybridized carbons (Fsp3) is 0.611. The van der Waals surface area contributed by atoms with Crippen LogP contribution in [0.5, 0.6) is 0 Å². The van der Waals surface area contributed by atoms with Crippen LogP contribution in [0.3, 0.4) is 0 Å². The third kappa shape index (κ3) is 2.42. The highest BCUT2D eigenvalue weighted by atomic mass is 16.2. The van der Waals surface area contributed by atoms with E-state index in [1.54, 1.807) is 6.07 Å². The molecule has 1 aromatic heterocycles. The normalized spacial score (nSPS) is 37.6. The zero-order valence-corrected chi connectivity index (χ0v) is 13.4. The number of carbonyl (C=O) groups excluding carboxylic acids is 2. The Kier molecular flexibility index (Phi) is 3.22. The van der Waals surface area contributed by atoms with Crippen LogP contribution in [0.2, 0.25) is 0 Å². The number of aryl methyl sites for hydroxylation is 1. The van der Waals surface area contributed by atoms with Crippen molar-refractivity contribution in [3.05, 3.63) is 29.6 Å². The molecule has 23 heavy (non-hydrogen) atoms. The van der Waals surface area contributed by atoms with Gasteiger partial charge in [0, 0.05) is 17.2 Å². The van der Waals surface area contributed by atoms with Crippen molar-refractivity contribution >= 4 is 11.8 Å². The van der Waals surface area contributed by atoms with Gasteiger partial charge >= 0.3 is 0 Å². The SMILES string of the molecule is Cc1cccc(C(=O)NC23CC4CC(C2)C(C(N)=O)C(C4)C3)n1. The molecule has 4 fully saturated rings. The molecule has 0 saturated heterocycles. The fourth-order valence-corrected chi connectivity index (χ4v) is 5.62. The lowest BCUT2D eigenvalue weighted by Gasteiger charge is -2.59. The fourth-order valence-electron chi connectivity index (χ4n) is 5.62. The number of primary amides is 1. The highest BCUT2D eigenvalue weighted by Gasteiger charge is 2.57. The minimum Gasteiger partial charge on any atom is -0.369 e. The van der Waals surface area contributed by atoms with Gasteiger partial charge < -0.3 is 11.1 Å². The lowest BCUT2D eigenvalue weighted by Crippen LogP contribution is -2.64. The molecule has 2 atom stereocenters. The zero-order chi connectivity index (χ0) is 16.2. The Morgan fingerprint density at radius 3 is 2.52 bits per heavy atom. The second kappa shape index (κ2) is 5.05. The summed E-state index contributed by atoms with van der Waals surface area (Å²) in [5.41, 5.74) is 6.80. The number of carbonyl (C=O) groups is 2. The molecule has 5 nitrogen and oxygen atoms in total. The van der Waals surface area contributed by atoms with E-state index in [1.165, 1.54) is 0 Å². The number of nitrogens with zero attached hydrogens (tertiary/aromatic N) is 1. The van der Waals surface area contributed by atoms with Crippen molar-refractivity contribution in [3.8, 4) is 0 Å². The molecule has 0 aromatic carbocycles. The summed E-state index contributed by atoms with van der Waals surface area (Å²) in [6.45, 7) is 1.89. The molecule has 4 aliphatic carbocycles. The molecule has 5 rings (SSSR count). The third-order valence-corrected chi connectivity index (χ3v) is 6.10. The van der Waals surface area contributed by atoms with Crippen molar-refractivity contribution in [2.75, 3.05) is 0 Å². The van der Waals surface area contributed by atoms with Gasteiger partial charge in [-0.25, -0.2) is 4.98 Å². The highest BCUT2D eigenvalue weighted by Crippen LogP contribution is 2.58. The molecule has 1 heterocycles. The van der Waals surface area contributed by atoms with Crippen LogP contribution < -0.4 is 11.1 Å². The van der Waals surface area contributed by atoms with E-state index in [-0.39, 0.29) is 23.3 Å². The number of rotatable bonds is 3. The Balaban J connectivity index is 1.56. The molecule has 3 N–H and O–H groups in total. The van der Waals surface area contributed by atoms with E-state index in [2.05, 4.69) is 10.3 Å². The summed E-state index contributed by atoms with van der Waals surface area (Å²) in [6, 6.07) is 5.51. The smallest absolute Gasteiger partial charge is 0.270 e. The largest absolute Gasteiger partial charge is 0.369 e. The average Bonchev–Trinajstić information content (AvgIpc) is 2.45. The van der Waals surface area contributed by atoms with Gasteiger partial charge in [0.1, 0.15) is 5.69 Å². The molecule has 122 valence electrons. The number of hydrogen-bond acceptors (Lipinski definition) is 3. The molecule has 4 aliphatic rings. The van der Waals surface area contributed by atoms with E-state index in [1.807, 2.05) is 19.1 Å². The van der Waals surface area contributed by atoms with E-state index in [0.717, 1.165) is 37.8 Å². The third-order valence-electron chi connectivity index (χ3n) is 6.10. The minimum atomic E-state index is -0.162. The number of pyridine rings is 1. The molecule has 5 heteroatoms. The summed E-state index contributed by atoms with van der Waals surface area (Å²) in [7, 11) is 0. The standard InChI is InChI=1S/C18H23N3O2/c1-10-3-2-4-14(20-10)17(23)21-18-7-11-5-12(8-18)15(16(19)22)13(6-11)9-18/h2-4,11-13,15H,5-9H2,1H3,(H2,19,22)(H,21,23). The van der Waals surface area contributed by atoms with E-state index in [0.29, 0.717) is 23.4 Å². The van der Waals surface area contributed by atoms with Crippen molar-refractivity contribution in [3.63, 3.8) is 0 Å². The van der Waals surface area contributed by atoms with E-state index < -0.39 is 0 Å². The van der Waals surface area contributed by atoms with Gasteiger partial charge in [0.2, 0.25) is 5.91 Å². The Hall–Kier alpha value is -1.91. The number of aromatic nitrogens is 1.